The number of carbonyl (C=O) groups is 2. The van der Waals surface area contributed by atoms with Gasteiger partial charge in [-0.15, -0.1) is 0 Å². The topological polar surface area (TPSA) is 89.0 Å². The van der Waals surface area contributed by atoms with Crippen LogP contribution in [-0.4, -0.2) is 52.4 Å². The summed E-state index contributed by atoms with van der Waals surface area (Å²) in [6.07, 6.45) is 5.50. The molecule has 1 saturated heterocycles. The van der Waals surface area contributed by atoms with Gasteiger partial charge in [-0.05, 0) is 86.4 Å². The Labute approximate surface area is 179 Å². The zero-order valence-electron chi connectivity index (χ0n) is 17.2. The van der Waals surface area contributed by atoms with E-state index in [1.165, 1.54) is 0 Å². The van der Waals surface area contributed by atoms with Gasteiger partial charge in [0.1, 0.15) is 17.8 Å². The van der Waals surface area contributed by atoms with Crippen molar-refractivity contribution in [2.45, 2.75) is 64.1 Å². The van der Waals surface area contributed by atoms with Crippen molar-refractivity contribution < 1.29 is 24.2 Å². The Morgan fingerprint density at radius 3 is 2.45 bits per heavy atom. The molecule has 0 radical (unpaired) electrons. The second-order valence-corrected chi connectivity index (χ2v) is 10.1. The number of carbonyl (C=O) groups excluding carboxylic acids is 1. The number of rotatable bonds is 4. The van der Waals surface area contributed by atoms with Crippen molar-refractivity contribution in [2.24, 2.45) is 5.41 Å². The summed E-state index contributed by atoms with van der Waals surface area (Å²) in [5.41, 5.74) is -0.417. The van der Waals surface area contributed by atoms with Crippen LogP contribution in [0.2, 0.25) is 0 Å². The Morgan fingerprint density at radius 1 is 1.21 bits per heavy atom. The summed E-state index contributed by atoms with van der Waals surface area (Å²) >= 11 is 3.40. The minimum absolute atomic E-state index is 0.0196. The van der Waals surface area contributed by atoms with Crippen LogP contribution in [0.4, 0.5) is 4.79 Å². The number of ether oxygens (including phenoxy) is 2. The molecule has 1 N–H and O–H groups in total. The van der Waals surface area contributed by atoms with E-state index in [1.54, 1.807) is 11.1 Å². The van der Waals surface area contributed by atoms with Gasteiger partial charge in [0, 0.05) is 23.8 Å². The first kappa shape index (κ1) is 22.0. The number of nitrogens with zero attached hydrogens (tertiary/aromatic N) is 2. The molecule has 1 aromatic rings. The smallest absolute Gasteiger partial charge is 0.410 e. The average molecular weight is 469 g/mol. The van der Waals surface area contributed by atoms with E-state index in [0.29, 0.717) is 19.5 Å². The molecular weight excluding hydrogens is 440 g/mol. The number of aliphatic carboxylic acids is 1. The first-order valence-electron chi connectivity index (χ1n) is 9.98. The van der Waals surface area contributed by atoms with Crippen LogP contribution in [0.3, 0.4) is 0 Å². The molecule has 2 aliphatic rings. The molecule has 3 rings (SSSR count). The summed E-state index contributed by atoms with van der Waals surface area (Å²) in [6, 6.07) is 3.81. The van der Waals surface area contributed by atoms with Crippen LogP contribution in [0.1, 0.15) is 58.6 Å². The summed E-state index contributed by atoms with van der Waals surface area (Å²) in [4.78, 5) is 29.8. The number of aromatic nitrogens is 1. The molecule has 7 nitrogen and oxygen atoms in total. The predicted octanol–water partition coefficient (Wildman–Crippen LogP) is 4.34. The number of halogens is 1. The molecule has 0 bridgehead atoms. The van der Waals surface area contributed by atoms with Crippen LogP contribution in [0, 0.1) is 5.41 Å². The van der Waals surface area contributed by atoms with E-state index in [0.717, 1.165) is 35.8 Å². The Morgan fingerprint density at radius 2 is 1.90 bits per heavy atom. The minimum Gasteiger partial charge on any atom is -0.480 e. The standard InChI is InChI=1S/C21H29BrN2O5/c1-19(2,3)29-18(27)24-10-8-20(9-11-24)6-7-21(14-20,28-13-17(25)26)16-5-4-15(22)12-23-16/h4-5,12H,6-11,13-14H2,1-3H3,(H,25,26). The largest absolute Gasteiger partial charge is 0.480 e. The molecule has 8 heteroatoms. The Bertz CT molecular complexity index is 753. The Kier molecular flexibility index (Phi) is 6.24. The normalized spacial score (nSPS) is 23.9. The summed E-state index contributed by atoms with van der Waals surface area (Å²) < 4.78 is 12.3. The summed E-state index contributed by atoms with van der Waals surface area (Å²) in [7, 11) is 0. The van der Waals surface area contributed by atoms with Gasteiger partial charge in [-0.1, -0.05) is 0 Å². The number of likely N-dealkylation sites (tertiary alicyclic amines) is 1. The van der Waals surface area contributed by atoms with Gasteiger partial charge in [0.05, 0.1) is 5.69 Å². The predicted molar refractivity (Wildman–Crippen MR) is 111 cm³/mol. The van der Waals surface area contributed by atoms with E-state index in [4.69, 9.17) is 14.6 Å². The Balaban J connectivity index is 1.72. The molecular formula is C21H29BrN2O5. The monoisotopic (exact) mass is 468 g/mol. The van der Waals surface area contributed by atoms with Crippen molar-refractivity contribution >= 4 is 28.0 Å². The fraction of sp³-hybridized carbons (Fsp3) is 0.667. The number of pyridine rings is 1. The number of carboxylic acid groups (broad SMARTS) is 1. The average Bonchev–Trinajstić information content (AvgIpc) is 2.99. The maximum Gasteiger partial charge on any atom is 0.410 e. The first-order valence-corrected chi connectivity index (χ1v) is 10.8. The molecule has 0 aromatic carbocycles. The van der Waals surface area contributed by atoms with E-state index >= 15 is 0 Å². The van der Waals surface area contributed by atoms with Crippen LogP contribution >= 0.6 is 15.9 Å². The van der Waals surface area contributed by atoms with Gasteiger partial charge in [0.2, 0.25) is 0 Å². The molecule has 1 saturated carbocycles. The van der Waals surface area contributed by atoms with Crippen LogP contribution in [0.15, 0.2) is 22.8 Å². The fourth-order valence-electron chi connectivity index (χ4n) is 4.43. The highest BCUT2D eigenvalue weighted by Crippen LogP contribution is 2.55. The molecule has 1 amide bonds. The SMILES string of the molecule is CC(C)(C)OC(=O)N1CCC2(CC1)CCC(OCC(=O)O)(c1ccc(Br)cn1)C2. The van der Waals surface area contributed by atoms with Crippen LogP contribution in [-0.2, 0) is 19.9 Å². The number of hydrogen-bond acceptors (Lipinski definition) is 5. The molecule has 1 aliphatic heterocycles. The van der Waals surface area contributed by atoms with E-state index < -0.39 is 17.2 Å². The molecule has 1 spiro atoms. The van der Waals surface area contributed by atoms with Gasteiger partial charge < -0.3 is 19.5 Å². The molecule has 1 atom stereocenters. The van der Waals surface area contributed by atoms with E-state index in [2.05, 4.69) is 20.9 Å². The highest BCUT2D eigenvalue weighted by molar-refractivity contribution is 9.10. The molecule has 1 aliphatic carbocycles. The van der Waals surface area contributed by atoms with Gasteiger partial charge >= 0.3 is 12.1 Å². The maximum atomic E-state index is 12.4. The quantitative estimate of drug-likeness (QED) is 0.706. The second kappa shape index (κ2) is 8.22. The Hall–Kier alpha value is -1.67. The molecule has 1 aromatic heterocycles. The zero-order valence-corrected chi connectivity index (χ0v) is 18.8. The molecule has 160 valence electrons. The lowest BCUT2D eigenvalue weighted by Gasteiger charge is -2.41. The van der Waals surface area contributed by atoms with Gasteiger partial charge in [0.15, 0.2) is 0 Å². The van der Waals surface area contributed by atoms with Gasteiger partial charge in [-0.3, -0.25) is 4.98 Å². The van der Waals surface area contributed by atoms with Gasteiger partial charge in [-0.2, -0.15) is 0 Å². The van der Waals surface area contributed by atoms with Crippen molar-refractivity contribution in [3.63, 3.8) is 0 Å². The van der Waals surface area contributed by atoms with Crippen molar-refractivity contribution in [3.05, 3.63) is 28.5 Å². The van der Waals surface area contributed by atoms with Crippen molar-refractivity contribution in [2.75, 3.05) is 19.7 Å². The maximum absolute atomic E-state index is 12.4. The lowest BCUT2D eigenvalue weighted by molar-refractivity contribution is -0.151. The molecule has 1 unspecified atom stereocenters. The van der Waals surface area contributed by atoms with E-state index in [1.807, 2.05) is 32.9 Å². The first-order chi connectivity index (χ1) is 13.5. The number of piperidine rings is 1. The highest BCUT2D eigenvalue weighted by atomic mass is 79.9. The van der Waals surface area contributed by atoms with Crippen molar-refractivity contribution in [3.8, 4) is 0 Å². The third-order valence-corrected chi connectivity index (χ3v) is 6.33. The van der Waals surface area contributed by atoms with Crippen molar-refractivity contribution in [1.82, 2.24) is 9.88 Å². The van der Waals surface area contributed by atoms with Crippen LogP contribution < -0.4 is 0 Å². The highest BCUT2D eigenvalue weighted by Gasteiger charge is 2.52. The molecule has 29 heavy (non-hydrogen) atoms. The lowest BCUT2D eigenvalue weighted by atomic mass is 9.75. The number of hydrogen-bond donors (Lipinski definition) is 1. The minimum atomic E-state index is -0.984. The summed E-state index contributed by atoms with van der Waals surface area (Å²) in [5, 5.41) is 9.16. The molecule has 2 fully saturated rings. The van der Waals surface area contributed by atoms with Crippen LogP contribution in [0.5, 0.6) is 0 Å². The number of amides is 1. The van der Waals surface area contributed by atoms with E-state index in [-0.39, 0.29) is 18.1 Å². The third kappa shape index (κ3) is 5.28. The lowest BCUT2D eigenvalue weighted by Crippen LogP contribution is -2.45. The fourth-order valence-corrected chi connectivity index (χ4v) is 4.66. The van der Waals surface area contributed by atoms with Gasteiger partial charge in [-0.25, -0.2) is 9.59 Å². The second-order valence-electron chi connectivity index (χ2n) is 9.18. The van der Waals surface area contributed by atoms with Gasteiger partial charge in [0.25, 0.3) is 0 Å². The molecule has 2 heterocycles. The van der Waals surface area contributed by atoms with Crippen LogP contribution in [0.25, 0.3) is 0 Å². The third-order valence-electron chi connectivity index (χ3n) is 5.86. The zero-order chi connectivity index (χ0) is 21.3. The summed E-state index contributed by atoms with van der Waals surface area (Å²) in [5.74, 6) is -0.984. The summed E-state index contributed by atoms with van der Waals surface area (Å²) in [6.45, 7) is 6.53. The van der Waals surface area contributed by atoms with Crippen molar-refractivity contribution in [1.29, 1.82) is 0 Å². The number of carboxylic acids is 1. The van der Waals surface area contributed by atoms with E-state index in [9.17, 15) is 9.59 Å².